The van der Waals surface area contributed by atoms with Crippen molar-refractivity contribution in [2.24, 2.45) is 0 Å². The lowest BCUT2D eigenvalue weighted by Crippen LogP contribution is -2.25. The van der Waals surface area contributed by atoms with Gasteiger partial charge in [0.15, 0.2) is 6.10 Å². The van der Waals surface area contributed by atoms with Gasteiger partial charge in [-0.25, -0.2) is 0 Å². The highest BCUT2D eigenvalue weighted by Crippen LogP contribution is 2.22. The summed E-state index contributed by atoms with van der Waals surface area (Å²) in [5.41, 5.74) is 4.99. The minimum Gasteiger partial charge on any atom is -0.482 e. The van der Waals surface area contributed by atoms with E-state index in [9.17, 15) is 4.79 Å². The predicted molar refractivity (Wildman–Crippen MR) is 86.3 cm³/mol. The summed E-state index contributed by atoms with van der Waals surface area (Å²) in [6.07, 6.45) is -0.494. The molecule has 0 N–H and O–H groups in total. The van der Waals surface area contributed by atoms with Crippen molar-refractivity contribution in [3.8, 4) is 5.75 Å². The van der Waals surface area contributed by atoms with Crippen LogP contribution in [0.4, 0.5) is 0 Å². The zero-order chi connectivity index (χ0) is 15.6. The van der Waals surface area contributed by atoms with Gasteiger partial charge in [-0.05, 0) is 63.4 Å². The van der Waals surface area contributed by atoms with Crippen LogP contribution in [-0.4, -0.2) is 11.9 Å². The fourth-order valence-electron chi connectivity index (χ4n) is 2.30. The van der Waals surface area contributed by atoms with Crippen LogP contribution in [0.15, 0.2) is 36.4 Å². The van der Waals surface area contributed by atoms with Gasteiger partial charge in [0.1, 0.15) is 5.75 Å². The summed E-state index contributed by atoms with van der Waals surface area (Å²) in [4.78, 5) is 12.6. The SMILES string of the molecule is Cc1ccc(C)c(OC(C)C(=O)c2cc(C)ccc2C)c1. The summed E-state index contributed by atoms with van der Waals surface area (Å²) in [6.45, 7) is 9.77. The number of carbonyl (C=O) groups is 1. The van der Waals surface area contributed by atoms with E-state index in [1.54, 1.807) is 0 Å². The van der Waals surface area contributed by atoms with Crippen LogP contribution >= 0.6 is 0 Å². The molecular weight excluding hydrogens is 260 g/mol. The Hall–Kier alpha value is -2.09. The number of carbonyl (C=O) groups excluding carboxylic acids is 1. The number of aryl methyl sites for hydroxylation is 4. The Bertz CT molecular complexity index is 671. The Morgan fingerprint density at radius 1 is 0.905 bits per heavy atom. The normalized spacial score (nSPS) is 12.0. The monoisotopic (exact) mass is 282 g/mol. The van der Waals surface area contributed by atoms with Crippen LogP contribution in [0.3, 0.4) is 0 Å². The quantitative estimate of drug-likeness (QED) is 0.768. The van der Waals surface area contributed by atoms with Crippen molar-refractivity contribution in [2.45, 2.75) is 40.7 Å². The van der Waals surface area contributed by atoms with Gasteiger partial charge in [-0.3, -0.25) is 4.79 Å². The summed E-state index contributed by atoms with van der Waals surface area (Å²) >= 11 is 0. The second-order valence-electron chi connectivity index (χ2n) is 5.71. The van der Waals surface area contributed by atoms with Crippen LogP contribution in [0.2, 0.25) is 0 Å². The van der Waals surface area contributed by atoms with Gasteiger partial charge in [0, 0.05) is 5.56 Å². The molecule has 0 bridgehead atoms. The zero-order valence-corrected chi connectivity index (χ0v) is 13.4. The molecule has 0 fully saturated rings. The largest absolute Gasteiger partial charge is 0.482 e. The van der Waals surface area contributed by atoms with E-state index in [2.05, 4.69) is 0 Å². The third-order valence-corrected chi connectivity index (χ3v) is 3.68. The van der Waals surface area contributed by atoms with Crippen LogP contribution in [0.5, 0.6) is 5.75 Å². The first-order valence-corrected chi connectivity index (χ1v) is 7.24. The highest BCUT2D eigenvalue weighted by Gasteiger charge is 2.19. The lowest BCUT2D eigenvalue weighted by atomic mass is 9.99. The van der Waals surface area contributed by atoms with Crippen molar-refractivity contribution in [1.29, 1.82) is 0 Å². The lowest BCUT2D eigenvalue weighted by molar-refractivity contribution is 0.0816. The average molecular weight is 282 g/mol. The van der Waals surface area contributed by atoms with Crippen molar-refractivity contribution in [1.82, 2.24) is 0 Å². The van der Waals surface area contributed by atoms with Gasteiger partial charge < -0.3 is 4.74 Å². The number of hydrogen-bond donors (Lipinski definition) is 0. The molecule has 110 valence electrons. The topological polar surface area (TPSA) is 26.3 Å². The molecule has 0 aliphatic carbocycles. The third-order valence-electron chi connectivity index (χ3n) is 3.68. The fourth-order valence-corrected chi connectivity index (χ4v) is 2.30. The van der Waals surface area contributed by atoms with Gasteiger partial charge in [0.05, 0.1) is 0 Å². The van der Waals surface area contributed by atoms with E-state index in [-0.39, 0.29) is 5.78 Å². The van der Waals surface area contributed by atoms with Gasteiger partial charge in [-0.15, -0.1) is 0 Å². The predicted octanol–water partition coefficient (Wildman–Crippen LogP) is 4.57. The van der Waals surface area contributed by atoms with E-state index < -0.39 is 6.10 Å². The first-order valence-electron chi connectivity index (χ1n) is 7.24. The van der Waals surface area contributed by atoms with E-state index in [0.29, 0.717) is 0 Å². The Labute approximate surface area is 126 Å². The molecule has 0 spiro atoms. The van der Waals surface area contributed by atoms with E-state index in [0.717, 1.165) is 33.6 Å². The highest BCUT2D eigenvalue weighted by atomic mass is 16.5. The molecule has 0 aliphatic heterocycles. The van der Waals surface area contributed by atoms with Crippen LogP contribution in [0, 0.1) is 27.7 Å². The summed E-state index contributed by atoms with van der Waals surface area (Å²) in [5.74, 6) is 0.804. The van der Waals surface area contributed by atoms with Crippen molar-refractivity contribution in [2.75, 3.05) is 0 Å². The molecule has 0 radical (unpaired) electrons. The molecular formula is C19H22O2. The third kappa shape index (κ3) is 3.52. The van der Waals surface area contributed by atoms with Gasteiger partial charge >= 0.3 is 0 Å². The van der Waals surface area contributed by atoms with Crippen LogP contribution in [-0.2, 0) is 0 Å². The molecule has 2 aromatic rings. The molecule has 2 rings (SSSR count). The summed E-state index contributed by atoms with van der Waals surface area (Å²) in [5, 5.41) is 0. The van der Waals surface area contributed by atoms with E-state index >= 15 is 0 Å². The highest BCUT2D eigenvalue weighted by molar-refractivity contribution is 6.00. The molecule has 21 heavy (non-hydrogen) atoms. The second-order valence-corrected chi connectivity index (χ2v) is 5.71. The Kier molecular flexibility index (Phi) is 4.46. The average Bonchev–Trinajstić information content (AvgIpc) is 2.44. The molecule has 1 atom stereocenters. The number of benzene rings is 2. The first kappa shape index (κ1) is 15.3. The van der Waals surface area contributed by atoms with Gasteiger partial charge in [0.2, 0.25) is 5.78 Å². The first-order chi connectivity index (χ1) is 9.88. The van der Waals surface area contributed by atoms with Crippen LogP contribution < -0.4 is 4.74 Å². The van der Waals surface area contributed by atoms with Crippen LogP contribution in [0.25, 0.3) is 0 Å². The standard InChI is InChI=1S/C19H22O2/c1-12-6-8-14(3)17(10-12)19(20)16(5)21-18-11-13(2)7-9-15(18)4/h6-11,16H,1-5H3. The Balaban J connectivity index is 2.23. The number of ether oxygens (including phenoxy) is 1. The zero-order valence-electron chi connectivity index (χ0n) is 13.4. The molecule has 0 heterocycles. The lowest BCUT2D eigenvalue weighted by Gasteiger charge is -2.17. The van der Waals surface area contributed by atoms with Gasteiger partial charge in [-0.1, -0.05) is 29.8 Å². The Morgan fingerprint density at radius 2 is 1.48 bits per heavy atom. The van der Waals surface area contributed by atoms with Crippen molar-refractivity contribution in [3.63, 3.8) is 0 Å². The Morgan fingerprint density at radius 3 is 2.14 bits per heavy atom. The van der Waals surface area contributed by atoms with Crippen molar-refractivity contribution < 1.29 is 9.53 Å². The minimum absolute atomic E-state index is 0.0251. The molecule has 2 aromatic carbocycles. The van der Waals surface area contributed by atoms with Gasteiger partial charge in [-0.2, -0.15) is 0 Å². The van der Waals surface area contributed by atoms with Gasteiger partial charge in [0.25, 0.3) is 0 Å². The number of Topliss-reactive ketones (excluding diaryl/α,β-unsaturated/α-hetero) is 1. The second kappa shape index (κ2) is 6.13. The molecule has 2 nitrogen and oxygen atoms in total. The van der Waals surface area contributed by atoms with Crippen molar-refractivity contribution in [3.05, 3.63) is 64.2 Å². The van der Waals surface area contributed by atoms with E-state index in [4.69, 9.17) is 4.74 Å². The molecule has 2 heteroatoms. The maximum absolute atomic E-state index is 12.6. The number of ketones is 1. The smallest absolute Gasteiger partial charge is 0.203 e. The molecule has 0 aromatic heterocycles. The fraction of sp³-hybridized carbons (Fsp3) is 0.316. The van der Waals surface area contributed by atoms with E-state index in [1.807, 2.05) is 71.0 Å². The summed E-state index contributed by atoms with van der Waals surface area (Å²) in [6, 6.07) is 12.0. The summed E-state index contributed by atoms with van der Waals surface area (Å²) in [7, 11) is 0. The molecule has 0 aliphatic rings. The maximum atomic E-state index is 12.6. The maximum Gasteiger partial charge on any atom is 0.203 e. The summed E-state index contributed by atoms with van der Waals surface area (Å²) < 4.78 is 5.89. The van der Waals surface area contributed by atoms with Crippen LogP contribution in [0.1, 0.15) is 39.5 Å². The number of hydrogen-bond acceptors (Lipinski definition) is 2. The van der Waals surface area contributed by atoms with E-state index in [1.165, 1.54) is 0 Å². The molecule has 0 saturated heterocycles. The molecule has 1 unspecified atom stereocenters. The van der Waals surface area contributed by atoms with Crippen molar-refractivity contribution >= 4 is 5.78 Å². The molecule has 0 amide bonds. The molecule has 0 saturated carbocycles. The minimum atomic E-state index is -0.494. The number of rotatable bonds is 4.